The number of piperazine rings is 1. The largest absolute Gasteiger partial charge is 0.372 e. The molecule has 0 radical (unpaired) electrons. The second-order valence-corrected chi connectivity index (χ2v) is 6.68. The zero-order valence-electron chi connectivity index (χ0n) is 14.7. The van der Waals surface area contributed by atoms with Gasteiger partial charge in [0.15, 0.2) is 0 Å². The molecule has 6 nitrogen and oxygen atoms in total. The lowest BCUT2D eigenvalue weighted by Crippen LogP contribution is -2.44. The van der Waals surface area contributed by atoms with Crippen LogP contribution in [-0.4, -0.2) is 48.6 Å². The van der Waals surface area contributed by atoms with Gasteiger partial charge in [-0.3, -0.25) is 0 Å². The Labute approximate surface area is 148 Å². The fraction of sp³-hybridized carbons (Fsp3) is 0.529. The van der Waals surface area contributed by atoms with Crippen LogP contribution in [0.25, 0.3) is 0 Å². The van der Waals surface area contributed by atoms with Crippen LogP contribution in [-0.2, 0) is 0 Å². The van der Waals surface area contributed by atoms with Gasteiger partial charge in [0.25, 0.3) is 0 Å². The van der Waals surface area contributed by atoms with Crippen LogP contribution in [0.15, 0.2) is 18.2 Å². The summed E-state index contributed by atoms with van der Waals surface area (Å²) in [5, 5.41) is 7.62. The predicted octanol–water partition coefficient (Wildman–Crippen LogP) is 2.85. The Morgan fingerprint density at radius 3 is 2.67 bits per heavy atom. The van der Waals surface area contributed by atoms with Gasteiger partial charge in [0.1, 0.15) is 0 Å². The molecule has 2 N–H and O–H groups in total. The maximum absolute atomic E-state index is 4.64. The summed E-state index contributed by atoms with van der Waals surface area (Å²) < 4.78 is 4.50. The molecular weight excluding hydrogens is 320 g/mol. The Kier molecular flexibility index (Phi) is 5.52. The van der Waals surface area contributed by atoms with E-state index in [1.165, 1.54) is 22.8 Å². The summed E-state index contributed by atoms with van der Waals surface area (Å²) in [4.78, 5) is 9.23. The second-order valence-electron chi connectivity index (χ2n) is 5.93. The predicted molar refractivity (Wildman–Crippen MR) is 103 cm³/mol. The topological polar surface area (TPSA) is 56.3 Å². The van der Waals surface area contributed by atoms with Crippen molar-refractivity contribution in [2.24, 2.45) is 0 Å². The molecule has 130 valence electrons. The number of rotatable bonds is 6. The minimum Gasteiger partial charge on any atom is -0.372 e. The number of hydrogen-bond donors (Lipinski definition) is 2. The molecule has 0 aliphatic carbocycles. The fourth-order valence-electron chi connectivity index (χ4n) is 2.95. The minimum absolute atomic E-state index is 0.835. The van der Waals surface area contributed by atoms with Gasteiger partial charge in [-0.05, 0) is 44.5 Å². The van der Waals surface area contributed by atoms with Crippen molar-refractivity contribution in [2.45, 2.75) is 20.8 Å². The van der Waals surface area contributed by atoms with Crippen LogP contribution < -0.4 is 20.4 Å². The highest BCUT2D eigenvalue weighted by Crippen LogP contribution is 2.27. The molecule has 0 amide bonds. The van der Waals surface area contributed by atoms with E-state index < -0.39 is 0 Å². The van der Waals surface area contributed by atoms with E-state index in [1.807, 2.05) is 0 Å². The first-order valence-corrected chi connectivity index (χ1v) is 9.40. The van der Waals surface area contributed by atoms with E-state index in [9.17, 15) is 0 Å². The molecule has 1 aliphatic rings. The third kappa shape index (κ3) is 3.79. The molecule has 7 heteroatoms. The third-order valence-corrected chi connectivity index (χ3v) is 5.02. The van der Waals surface area contributed by atoms with Crippen molar-refractivity contribution >= 4 is 34.0 Å². The molecule has 0 unspecified atom stereocenters. The monoisotopic (exact) mass is 346 g/mol. The molecule has 2 heterocycles. The lowest BCUT2D eigenvalue weighted by atomic mass is 10.1. The van der Waals surface area contributed by atoms with Crippen LogP contribution in [0.1, 0.15) is 19.4 Å². The normalized spacial score (nSPS) is 14.7. The number of anilines is 4. The van der Waals surface area contributed by atoms with Crippen molar-refractivity contribution in [3.63, 3.8) is 0 Å². The molecular formula is C17H26N6S. The number of benzene rings is 1. The third-order valence-electron chi connectivity index (χ3n) is 4.40. The first-order chi connectivity index (χ1) is 11.7. The highest BCUT2D eigenvalue weighted by molar-refractivity contribution is 7.10. The zero-order chi connectivity index (χ0) is 16.9. The zero-order valence-corrected chi connectivity index (χ0v) is 15.5. The molecule has 0 atom stereocenters. The van der Waals surface area contributed by atoms with Gasteiger partial charge in [-0.15, -0.1) is 0 Å². The summed E-state index contributed by atoms with van der Waals surface area (Å²) in [6.07, 6.45) is 0. The molecule has 3 rings (SSSR count). The number of aromatic nitrogens is 2. The van der Waals surface area contributed by atoms with Gasteiger partial charge in [0.05, 0.1) is 0 Å². The van der Waals surface area contributed by atoms with Gasteiger partial charge in [0.2, 0.25) is 11.1 Å². The summed E-state index contributed by atoms with van der Waals surface area (Å²) in [5.41, 5.74) is 3.58. The van der Waals surface area contributed by atoms with Gasteiger partial charge in [-0.25, -0.2) is 0 Å². The SMILES string of the molecule is CCN(CC)c1ccc(Nc2nc(N3CCNCC3)ns2)c(C)c1. The van der Waals surface area contributed by atoms with E-state index in [1.54, 1.807) is 0 Å². The summed E-state index contributed by atoms with van der Waals surface area (Å²) in [5.74, 6) is 0.835. The van der Waals surface area contributed by atoms with Crippen LogP contribution in [0.4, 0.5) is 22.5 Å². The Morgan fingerprint density at radius 1 is 1.25 bits per heavy atom. The van der Waals surface area contributed by atoms with Crippen molar-refractivity contribution in [3.05, 3.63) is 23.8 Å². The average Bonchev–Trinajstić information content (AvgIpc) is 3.08. The van der Waals surface area contributed by atoms with E-state index in [0.717, 1.165) is 56.0 Å². The lowest BCUT2D eigenvalue weighted by molar-refractivity contribution is 0.582. The van der Waals surface area contributed by atoms with Crippen LogP contribution >= 0.6 is 11.5 Å². The van der Waals surface area contributed by atoms with E-state index >= 15 is 0 Å². The van der Waals surface area contributed by atoms with Crippen molar-refractivity contribution in [3.8, 4) is 0 Å². The maximum Gasteiger partial charge on any atom is 0.239 e. The average molecular weight is 347 g/mol. The molecule has 1 aromatic heterocycles. The molecule has 1 saturated heterocycles. The number of nitrogens with zero attached hydrogens (tertiary/aromatic N) is 4. The van der Waals surface area contributed by atoms with E-state index in [0.29, 0.717) is 0 Å². The van der Waals surface area contributed by atoms with Crippen molar-refractivity contribution in [1.29, 1.82) is 0 Å². The van der Waals surface area contributed by atoms with Gasteiger partial charge >= 0.3 is 0 Å². The summed E-state index contributed by atoms with van der Waals surface area (Å²) in [6.45, 7) is 12.5. The molecule has 0 saturated carbocycles. The van der Waals surface area contributed by atoms with Crippen LogP contribution in [0, 0.1) is 6.92 Å². The van der Waals surface area contributed by atoms with Crippen molar-refractivity contribution < 1.29 is 0 Å². The maximum atomic E-state index is 4.64. The van der Waals surface area contributed by atoms with E-state index in [2.05, 4.69) is 68.8 Å². The molecule has 0 bridgehead atoms. The van der Waals surface area contributed by atoms with Crippen molar-refractivity contribution in [1.82, 2.24) is 14.7 Å². The minimum atomic E-state index is 0.835. The van der Waals surface area contributed by atoms with Crippen molar-refractivity contribution in [2.75, 3.05) is 54.4 Å². The smallest absolute Gasteiger partial charge is 0.239 e. The van der Waals surface area contributed by atoms with Crippen LogP contribution in [0.3, 0.4) is 0 Å². The fourth-order valence-corrected chi connectivity index (χ4v) is 3.55. The second kappa shape index (κ2) is 7.81. The highest BCUT2D eigenvalue weighted by atomic mass is 32.1. The molecule has 1 aromatic carbocycles. The first-order valence-electron chi connectivity index (χ1n) is 8.63. The summed E-state index contributed by atoms with van der Waals surface area (Å²) in [6, 6.07) is 6.53. The highest BCUT2D eigenvalue weighted by Gasteiger charge is 2.15. The van der Waals surface area contributed by atoms with Crippen LogP contribution in [0.5, 0.6) is 0 Å². The number of hydrogen-bond acceptors (Lipinski definition) is 7. The Morgan fingerprint density at radius 2 is 2.00 bits per heavy atom. The molecule has 24 heavy (non-hydrogen) atoms. The van der Waals surface area contributed by atoms with Crippen LogP contribution in [0.2, 0.25) is 0 Å². The van der Waals surface area contributed by atoms with E-state index in [-0.39, 0.29) is 0 Å². The van der Waals surface area contributed by atoms with Gasteiger partial charge in [-0.2, -0.15) is 9.36 Å². The quantitative estimate of drug-likeness (QED) is 0.839. The number of aryl methyl sites for hydroxylation is 1. The van der Waals surface area contributed by atoms with Gasteiger partial charge in [-0.1, -0.05) is 0 Å². The van der Waals surface area contributed by atoms with E-state index in [4.69, 9.17) is 0 Å². The summed E-state index contributed by atoms with van der Waals surface area (Å²) in [7, 11) is 0. The van der Waals surface area contributed by atoms with Gasteiger partial charge in [0, 0.05) is 62.2 Å². The summed E-state index contributed by atoms with van der Waals surface area (Å²) >= 11 is 1.42. The molecule has 1 aliphatic heterocycles. The standard InChI is InChI=1S/C17H26N6S/c1-4-22(5-2)14-6-7-15(13(3)12-14)19-17-20-16(21-24-17)23-10-8-18-9-11-23/h6-7,12,18H,4-5,8-11H2,1-3H3,(H,19,20,21). The first kappa shape index (κ1) is 17.0. The Hall–Kier alpha value is -1.86. The van der Waals surface area contributed by atoms with Gasteiger partial charge < -0.3 is 20.4 Å². The number of nitrogens with one attached hydrogen (secondary N) is 2. The lowest BCUT2D eigenvalue weighted by Gasteiger charge is -2.25. The molecule has 1 fully saturated rings. The Balaban J connectivity index is 1.70. The Bertz CT molecular complexity index is 661. The molecule has 2 aromatic rings. The molecule has 0 spiro atoms.